The first-order valence-electron chi connectivity index (χ1n) is 8.59. The first-order valence-corrected chi connectivity index (χ1v) is 8.59. The maximum absolute atomic E-state index is 12.9. The van der Waals surface area contributed by atoms with E-state index in [0.717, 1.165) is 18.4 Å². The normalized spacial score (nSPS) is 28.8. The molecule has 2 aromatic rings. The Balaban J connectivity index is 1.60. The van der Waals surface area contributed by atoms with Gasteiger partial charge in [-0.15, -0.1) is 0 Å². The van der Waals surface area contributed by atoms with Gasteiger partial charge in [0.05, 0.1) is 5.60 Å². The number of carbonyl (C=O) groups excluding carboxylic acids is 1. The molecule has 3 heterocycles. The second kappa shape index (κ2) is 5.71. The van der Waals surface area contributed by atoms with Gasteiger partial charge >= 0.3 is 0 Å². The van der Waals surface area contributed by atoms with Gasteiger partial charge in [0.15, 0.2) is 0 Å². The second-order valence-electron chi connectivity index (χ2n) is 7.14. The Morgan fingerprint density at radius 1 is 1.08 bits per heavy atom. The lowest BCUT2D eigenvalue weighted by atomic mass is 9.80. The Labute approximate surface area is 142 Å². The van der Waals surface area contributed by atoms with Crippen molar-refractivity contribution < 1.29 is 9.90 Å². The number of fused-ring (bicyclic) bond motifs is 2. The van der Waals surface area contributed by atoms with Crippen molar-refractivity contribution in [1.29, 1.82) is 0 Å². The van der Waals surface area contributed by atoms with Crippen LogP contribution in [0.15, 0.2) is 48.8 Å². The zero-order valence-electron chi connectivity index (χ0n) is 13.9. The quantitative estimate of drug-likeness (QED) is 0.924. The van der Waals surface area contributed by atoms with Crippen LogP contribution in [0, 0.1) is 6.92 Å². The van der Waals surface area contributed by atoms with Gasteiger partial charge in [0.25, 0.3) is 5.91 Å². The third-order valence-electron chi connectivity index (χ3n) is 5.52. The van der Waals surface area contributed by atoms with Crippen molar-refractivity contribution in [1.82, 2.24) is 9.88 Å². The summed E-state index contributed by atoms with van der Waals surface area (Å²) in [6.07, 6.45) is 6.47. The van der Waals surface area contributed by atoms with Gasteiger partial charge in [-0.3, -0.25) is 9.78 Å². The van der Waals surface area contributed by atoms with Crippen LogP contribution in [0.3, 0.4) is 0 Å². The van der Waals surface area contributed by atoms with Crippen molar-refractivity contribution in [3.8, 4) is 0 Å². The van der Waals surface area contributed by atoms with Crippen LogP contribution < -0.4 is 0 Å². The van der Waals surface area contributed by atoms with Crippen LogP contribution in [0.5, 0.6) is 0 Å². The van der Waals surface area contributed by atoms with Gasteiger partial charge in [-0.05, 0) is 37.5 Å². The minimum Gasteiger partial charge on any atom is -0.385 e. The first-order chi connectivity index (χ1) is 11.6. The molecule has 2 fully saturated rings. The number of hydrogen-bond donors (Lipinski definition) is 1. The van der Waals surface area contributed by atoms with E-state index >= 15 is 0 Å². The summed E-state index contributed by atoms with van der Waals surface area (Å²) in [5.74, 6) is 0.0656. The summed E-state index contributed by atoms with van der Waals surface area (Å²) in [6.45, 7) is 2.05. The molecule has 4 rings (SSSR count). The van der Waals surface area contributed by atoms with E-state index in [9.17, 15) is 9.90 Å². The molecule has 4 heteroatoms. The van der Waals surface area contributed by atoms with Crippen LogP contribution in [-0.2, 0) is 5.60 Å². The standard InChI is InChI=1S/C20H22N2O2/c1-14-2-4-16(5-3-14)20(24)12-17-6-7-18(13-20)22(17)19(23)15-8-10-21-11-9-15/h2-5,8-11,17-18,24H,6-7,12-13H2,1H3. The van der Waals surface area contributed by atoms with Crippen molar-refractivity contribution in [3.63, 3.8) is 0 Å². The minimum absolute atomic E-state index is 0.0656. The lowest BCUT2D eigenvalue weighted by molar-refractivity contribution is -0.0479. The van der Waals surface area contributed by atoms with E-state index in [4.69, 9.17) is 0 Å². The van der Waals surface area contributed by atoms with Crippen LogP contribution in [-0.4, -0.2) is 33.0 Å². The van der Waals surface area contributed by atoms with E-state index in [1.807, 2.05) is 36.1 Å². The number of aromatic nitrogens is 1. The molecule has 4 nitrogen and oxygen atoms in total. The zero-order valence-corrected chi connectivity index (χ0v) is 13.9. The molecule has 0 saturated carbocycles. The summed E-state index contributed by atoms with van der Waals surface area (Å²) in [6, 6.07) is 11.9. The minimum atomic E-state index is -0.825. The smallest absolute Gasteiger partial charge is 0.254 e. The van der Waals surface area contributed by atoms with Gasteiger partial charge in [0.2, 0.25) is 0 Å². The Hall–Kier alpha value is -2.20. The summed E-state index contributed by atoms with van der Waals surface area (Å²) in [5.41, 5.74) is 2.02. The number of amides is 1. The molecule has 1 N–H and O–H groups in total. The number of nitrogens with zero attached hydrogens (tertiary/aromatic N) is 2. The number of hydrogen-bond acceptors (Lipinski definition) is 3. The molecule has 1 amide bonds. The summed E-state index contributed by atoms with van der Waals surface area (Å²) in [5, 5.41) is 11.2. The molecule has 24 heavy (non-hydrogen) atoms. The summed E-state index contributed by atoms with van der Waals surface area (Å²) in [4.78, 5) is 18.9. The highest BCUT2D eigenvalue weighted by atomic mass is 16.3. The SMILES string of the molecule is Cc1ccc(C2(O)CC3CCC(C2)N3C(=O)c2ccncc2)cc1. The number of benzene rings is 1. The lowest BCUT2D eigenvalue weighted by Crippen LogP contribution is -2.52. The van der Waals surface area contributed by atoms with Crippen molar-refractivity contribution in [3.05, 3.63) is 65.5 Å². The molecule has 2 atom stereocenters. The number of carbonyl (C=O) groups is 1. The summed E-state index contributed by atoms with van der Waals surface area (Å²) < 4.78 is 0. The molecular formula is C20H22N2O2. The number of piperidine rings is 1. The van der Waals surface area contributed by atoms with Crippen molar-refractivity contribution in [2.24, 2.45) is 0 Å². The number of aliphatic hydroxyl groups is 1. The van der Waals surface area contributed by atoms with E-state index in [1.165, 1.54) is 5.56 Å². The lowest BCUT2D eigenvalue weighted by Gasteiger charge is -2.44. The van der Waals surface area contributed by atoms with Gasteiger partial charge in [-0.25, -0.2) is 0 Å². The average molecular weight is 322 g/mol. The average Bonchev–Trinajstić information content (AvgIpc) is 2.87. The van der Waals surface area contributed by atoms with Crippen LogP contribution in [0.25, 0.3) is 0 Å². The zero-order chi connectivity index (χ0) is 16.7. The van der Waals surface area contributed by atoms with E-state index in [2.05, 4.69) is 4.98 Å². The van der Waals surface area contributed by atoms with E-state index < -0.39 is 5.60 Å². The van der Waals surface area contributed by atoms with Crippen molar-refractivity contribution in [2.75, 3.05) is 0 Å². The maximum atomic E-state index is 12.9. The first kappa shape index (κ1) is 15.3. The highest BCUT2D eigenvalue weighted by Gasteiger charge is 2.50. The van der Waals surface area contributed by atoms with E-state index in [1.54, 1.807) is 24.5 Å². The van der Waals surface area contributed by atoms with E-state index in [0.29, 0.717) is 18.4 Å². The molecule has 2 unspecified atom stereocenters. The molecule has 1 aromatic heterocycles. The summed E-state index contributed by atoms with van der Waals surface area (Å²) in [7, 11) is 0. The molecule has 2 aliphatic rings. The van der Waals surface area contributed by atoms with Crippen LogP contribution >= 0.6 is 0 Å². The van der Waals surface area contributed by atoms with Gasteiger partial charge < -0.3 is 10.0 Å². The number of aryl methyl sites for hydroxylation is 1. The van der Waals surface area contributed by atoms with Crippen molar-refractivity contribution >= 4 is 5.91 Å². The number of rotatable bonds is 2. The molecule has 0 spiro atoms. The molecule has 2 bridgehead atoms. The molecular weight excluding hydrogens is 300 g/mol. The largest absolute Gasteiger partial charge is 0.385 e. The van der Waals surface area contributed by atoms with Crippen LogP contribution in [0.2, 0.25) is 0 Å². The predicted octanol–water partition coefficient (Wildman–Crippen LogP) is 3.04. The Bertz CT molecular complexity index is 728. The molecule has 2 aliphatic heterocycles. The van der Waals surface area contributed by atoms with Gasteiger partial charge in [-0.2, -0.15) is 0 Å². The highest BCUT2D eigenvalue weighted by molar-refractivity contribution is 5.94. The van der Waals surface area contributed by atoms with Crippen LogP contribution in [0.1, 0.15) is 47.2 Å². The topological polar surface area (TPSA) is 53.4 Å². The molecule has 0 radical (unpaired) electrons. The highest BCUT2D eigenvalue weighted by Crippen LogP contribution is 2.46. The molecule has 0 aliphatic carbocycles. The number of pyridine rings is 1. The predicted molar refractivity (Wildman–Crippen MR) is 91.5 cm³/mol. The third kappa shape index (κ3) is 2.51. The van der Waals surface area contributed by atoms with Gasteiger partial charge in [0.1, 0.15) is 0 Å². The molecule has 1 aromatic carbocycles. The fourth-order valence-electron chi connectivity index (χ4n) is 4.30. The van der Waals surface area contributed by atoms with Gasteiger partial charge in [-0.1, -0.05) is 29.8 Å². The monoisotopic (exact) mass is 322 g/mol. The Kier molecular flexibility index (Phi) is 3.65. The van der Waals surface area contributed by atoms with E-state index in [-0.39, 0.29) is 18.0 Å². The Morgan fingerprint density at radius 2 is 1.67 bits per heavy atom. The molecule has 2 saturated heterocycles. The fourth-order valence-corrected chi connectivity index (χ4v) is 4.30. The Morgan fingerprint density at radius 3 is 2.25 bits per heavy atom. The van der Waals surface area contributed by atoms with Crippen molar-refractivity contribution in [2.45, 2.75) is 50.3 Å². The van der Waals surface area contributed by atoms with Crippen LogP contribution in [0.4, 0.5) is 0 Å². The summed E-state index contributed by atoms with van der Waals surface area (Å²) >= 11 is 0. The maximum Gasteiger partial charge on any atom is 0.254 e. The molecule has 124 valence electrons. The third-order valence-corrected chi connectivity index (χ3v) is 5.52. The fraction of sp³-hybridized carbons (Fsp3) is 0.400. The second-order valence-corrected chi connectivity index (χ2v) is 7.14. The van der Waals surface area contributed by atoms with Gasteiger partial charge in [0, 0.05) is 42.9 Å².